The molecule has 0 fully saturated rings. The van der Waals surface area contributed by atoms with Crippen LogP contribution in [-0.4, -0.2) is 21.1 Å². The van der Waals surface area contributed by atoms with Crippen molar-refractivity contribution in [3.8, 4) is 0 Å². The maximum absolute atomic E-state index is 4.56. The van der Waals surface area contributed by atoms with Gasteiger partial charge in [-0.15, -0.1) is 0 Å². The lowest BCUT2D eigenvalue weighted by Crippen LogP contribution is -2.11. The van der Waals surface area contributed by atoms with Gasteiger partial charge >= 0.3 is 0 Å². The summed E-state index contributed by atoms with van der Waals surface area (Å²) in [5.41, 5.74) is 2.18. The van der Waals surface area contributed by atoms with Crippen LogP contribution in [0.5, 0.6) is 0 Å². The molecule has 0 bridgehead atoms. The molecule has 0 unspecified atom stereocenters. The van der Waals surface area contributed by atoms with Crippen LogP contribution in [-0.2, 0) is 5.41 Å². The summed E-state index contributed by atoms with van der Waals surface area (Å²) in [6.45, 7) is 9.41. The minimum absolute atomic E-state index is 0.0650. The van der Waals surface area contributed by atoms with Crippen LogP contribution in [0.15, 0.2) is 18.5 Å². The third kappa shape index (κ3) is 1.87. The number of nitrogens with one attached hydrogen (secondary N) is 1. The van der Waals surface area contributed by atoms with E-state index in [1.54, 1.807) is 6.20 Å². The van der Waals surface area contributed by atoms with Gasteiger partial charge in [-0.3, -0.25) is 0 Å². The molecule has 0 aliphatic carbocycles. The summed E-state index contributed by atoms with van der Waals surface area (Å²) in [4.78, 5) is 4.32. The van der Waals surface area contributed by atoms with E-state index >= 15 is 0 Å². The molecule has 2 heterocycles. The Hall–Kier alpha value is -1.58. The Labute approximate surface area is 95.7 Å². The molecule has 2 rings (SSSR count). The minimum atomic E-state index is 0.0650. The van der Waals surface area contributed by atoms with Gasteiger partial charge in [0.2, 0.25) is 0 Å². The zero-order valence-corrected chi connectivity index (χ0v) is 10.3. The Kier molecular flexibility index (Phi) is 2.58. The Balaban J connectivity index is 2.57. The van der Waals surface area contributed by atoms with Crippen LogP contribution >= 0.6 is 0 Å². The first-order chi connectivity index (χ1) is 7.52. The molecular formula is C12H18N4. The second-order valence-corrected chi connectivity index (χ2v) is 4.92. The van der Waals surface area contributed by atoms with Gasteiger partial charge in [0.1, 0.15) is 5.52 Å². The Morgan fingerprint density at radius 3 is 2.75 bits per heavy atom. The van der Waals surface area contributed by atoms with Crippen LogP contribution in [0.4, 0.5) is 5.82 Å². The summed E-state index contributed by atoms with van der Waals surface area (Å²) in [6.07, 6.45) is 3.65. The van der Waals surface area contributed by atoms with E-state index in [9.17, 15) is 0 Å². The highest BCUT2D eigenvalue weighted by Gasteiger charge is 2.18. The molecule has 1 N–H and O–H groups in total. The average Bonchev–Trinajstić information content (AvgIpc) is 2.62. The largest absolute Gasteiger partial charge is 0.369 e. The summed E-state index contributed by atoms with van der Waals surface area (Å²) in [5.74, 6) is 0.896. The van der Waals surface area contributed by atoms with E-state index in [2.05, 4.69) is 49.2 Å². The van der Waals surface area contributed by atoms with E-state index in [0.717, 1.165) is 23.6 Å². The van der Waals surface area contributed by atoms with Crippen molar-refractivity contribution in [1.82, 2.24) is 14.6 Å². The fourth-order valence-electron chi connectivity index (χ4n) is 1.59. The van der Waals surface area contributed by atoms with Crippen molar-refractivity contribution in [2.75, 3.05) is 11.9 Å². The van der Waals surface area contributed by atoms with Crippen molar-refractivity contribution in [1.29, 1.82) is 0 Å². The molecular weight excluding hydrogens is 200 g/mol. The third-order valence-electron chi connectivity index (χ3n) is 2.50. The maximum atomic E-state index is 4.56. The third-order valence-corrected chi connectivity index (χ3v) is 2.50. The van der Waals surface area contributed by atoms with Gasteiger partial charge in [-0.05, 0) is 13.0 Å². The van der Waals surface area contributed by atoms with Crippen molar-refractivity contribution in [3.63, 3.8) is 0 Å². The average molecular weight is 218 g/mol. The van der Waals surface area contributed by atoms with Gasteiger partial charge in [0, 0.05) is 24.4 Å². The van der Waals surface area contributed by atoms with Crippen LogP contribution < -0.4 is 5.32 Å². The van der Waals surface area contributed by atoms with Crippen LogP contribution in [0.2, 0.25) is 0 Å². The molecule has 0 aliphatic heterocycles. The van der Waals surface area contributed by atoms with Gasteiger partial charge in [-0.25, -0.2) is 9.50 Å². The molecule has 4 heteroatoms. The summed E-state index contributed by atoms with van der Waals surface area (Å²) < 4.78 is 1.88. The van der Waals surface area contributed by atoms with Gasteiger partial charge in [0.25, 0.3) is 0 Å². The minimum Gasteiger partial charge on any atom is -0.369 e. The summed E-state index contributed by atoms with van der Waals surface area (Å²) >= 11 is 0. The zero-order valence-electron chi connectivity index (χ0n) is 10.3. The van der Waals surface area contributed by atoms with E-state index < -0.39 is 0 Å². The normalized spacial score (nSPS) is 12.0. The number of hydrogen-bond donors (Lipinski definition) is 1. The number of anilines is 1. The Morgan fingerprint density at radius 1 is 1.38 bits per heavy atom. The van der Waals surface area contributed by atoms with Crippen molar-refractivity contribution in [3.05, 3.63) is 24.2 Å². The highest BCUT2D eigenvalue weighted by Crippen LogP contribution is 2.24. The van der Waals surface area contributed by atoms with Gasteiger partial charge in [-0.2, -0.15) is 5.10 Å². The van der Waals surface area contributed by atoms with E-state index in [-0.39, 0.29) is 5.41 Å². The van der Waals surface area contributed by atoms with Gasteiger partial charge in [-0.1, -0.05) is 20.8 Å². The number of fused-ring (bicyclic) bond motifs is 1. The van der Waals surface area contributed by atoms with E-state index in [1.807, 2.05) is 10.7 Å². The standard InChI is InChI=1S/C12H18N4/c1-5-13-11-9-8-10(12(2,3)4)15-16(9)7-6-14-11/h6-8H,5H2,1-4H3,(H,13,14). The molecule has 86 valence electrons. The lowest BCUT2D eigenvalue weighted by atomic mass is 9.92. The van der Waals surface area contributed by atoms with Crippen LogP contribution in [0.25, 0.3) is 5.52 Å². The smallest absolute Gasteiger partial charge is 0.152 e. The molecule has 0 radical (unpaired) electrons. The van der Waals surface area contributed by atoms with Crippen molar-refractivity contribution in [2.45, 2.75) is 33.1 Å². The van der Waals surface area contributed by atoms with Crippen molar-refractivity contribution >= 4 is 11.3 Å². The second-order valence-electron chi connectivity index (χ2n) is 4.92. The zero-order chi connectivity index (χ0) is 11.8. The molecule has 0 amide bonds. The summed E-state index contributed by atoms with van der Waals surface area (Å²) in [6, 6.07) is 2.10. The quantitative estimate of drug-likeness (QED) is 0.842. The van der Waals surface area contributed by atoms with Gasteiger partial charge < -0.3 is 5.32 Å². The lowest BCUT2D eigenvalue weighted by molar-refractivity contribution is 0.562. The predicted molar refractivity (Wildman–Crippen MR) is 65.9 cm³/mol. The van der Waals surface area contributed by atoms with Crippen LogP contribution in [0, 0.1) is 0 Å². The first-order valence-electron chi connectivity index (χ1n) is 5.61. The molecule has 0 saturated heterocycles. The van der Waals surface area contributed by atoms with Gasteiger partial charge in [0.15, 0.2) is 5.82 Å². The molecule has 0 atom stereocenters. The number of rotatable bonds is 2. The number of nitrogens with zero attached hydrogens (tertiary/aromatic N) is 3. The molecule has 0 saturated carbocycles. The SMILES string of the molecule is CCNc1nccn2nc(C(C)(C)C)cc12. The number of aromatic nitrogens is 3. The molecule has 0 aliphatic rings. The topological polar surface area (TPSA) is 42.2 Å². The highest BCUT2D eigenvalue weighted by atomic mass is 15.2. The van der Waals surface area contributed by atoms with E-state index in [0.29, 0.717) is 0 Å². The lowest BCUT2D eigenvalue weighted by Gasteiger charge is -2.13. The second kappa shape index (κ2) is 3.77. The maximum Gasteiger partial charge on any atom is 0.152 e. The monoisotopic (exact) mass is 218 g/mol. The van der Waals surface area contributed by atoms with E-state index in [4.69, 9.17) is 0 Å². The van der Waals surface area contributed by atoms with Crippen LogP contribution in [0.1, 0.15) is 33.4 Å². The Bertz CT molecular complexity index is 493. The fourth-order valence-corrected chi connectivity index (χ4v) is 1.59. The summed E-state index contributed by atoms with van der Waals surface area (Å²) in [7, 11) is 0. The first-order valence-corrected chi connectivity index (χ1v) is 5.61. The molecule has 4 nitrogen and oxygen atoms in total. The molecule has 16 heavy (non-hydrogen) atoms. The van der Waals surface area contributed by atoms with Crippen molar-refractivity contribution in [2.24, 2.45) is 0 Å². The molecule has 0 spiro atoms. The van der Waals surface area contributed by atoms with Crippen LogP contribution in [0.3, 0.4) is 0 Å². The number of hydrogen-bond acceptors (Lipinski definition) is 3. The molecule has 2 aromatic heterocycles. The Morgan fingerprint density at radius 2 is 2.12 bits per heavy atom. The first kappa shape index (κ1) is 10.9. The van der Waals surface area contributed by atoms with Crippen molar-refractivity contribution < 1.29 is 0 Å². The molecule has 0 aromatic carbocycles. The van der Waals surface area contributed by atoms with E-state index in [1.165, 1.54) is 0 Å². The highest BCUT2D eigenvalue weighted by molar-refractivity contribution is 5.68. The van der Waals surface area contributed by atoms with Gasteiger partial charge in [0.05, 0.1) is 5.69 Å². The predicted octanol–water partition coefficient (Wildman–Crippen LogP) is 2.46. The summed E-state index contributed by atoms with van der Waals surface area (Å²) in [5, 5.41) is 7.81. The fraction of sp³-hybridized carbons (Fsp3) is 0.500. The molecule has 2 aromatic rings.